The quantitative estimate of drug-likeness (QED) is 0.661. The van der Waals surface area contributed by atoms with Crippen molar-refractivity contribution in [2.75, 3.05) is 13.6 Å². The normalized spacial score (nSPS) is 36.3. The van der Waals surface area contributed by atoms with Crippen LogP contribution < -0.4 is 0 Å². The first kappa shape index (κ1) is 18.8. The van der Waals surface area contributed by atoms with Crippen LogP contribution in [0.5, 0.6) is 0 Å². The molecule has 5 rings (SSSR count). The van der Waals surface area contributed by atoms with E-state index in [0.717, 1.165) is 44.2 Å². The molecule has 0 bridgehead atoms. The van der Waals surface area contributed by atoms with Gasteiger partial charge in [0.25, 0.3) is 0 Å². The number of halogens is 1. The first-order chi connectivity index (χ1) is 13.8. The largest absolute Gasteiger partial charge is 0.342 e. The number of carbonyl (C=O) groups is 1. The Balaban J connectivity index is 1.49. The van der Waals surface area contributed by atoms with Crippen LogP contribution in [-0.2, 0) is 4.79 Å². The van der Waals surface area contributed by atoms with E-state index >= 15 is 0 Å². The monoisotopic (exact) mass is 392 g/mol. The number of fused-ring (bicyclic) bond motifs is 5. The number of amides is 1. The van der Waals surface area contributed by atoms with Crippen molar-refractivity contribution in [2.45, 2.75) is 46.0 Å². The van der Waals surface area contributed by atoms with Crippen LogP contribution in [0, 0.1) is 28.5 Å². The summed E-state index contributed by atoms with van der Waals surface area (Å²) in [4.78, 5) is 18.4. The van der Waals surface area contributed by atoms with Crippen molar-refractivity contribution in [1.82, 2.24) is 9.88 Å². The minimum atomic E-state index is -0.277. The number of pyridine rings is 1. The lowest BCUT2D eigenvalue weighted by molar-refractivity contribution is -0.124. The average molecular weight is 393 g/mol. The van der Waals surface area contributed by atoms with Crippen LogP contribution in [0.25, 0.3) is 5.57 Å². The number of carbonyl (C=O) groups excluding carboxylic acids is 1. The standard InChI is InChI=1S/C25H29FN2O/c1-24-10-11-28(3)23(29)13-17(24)4-5-19-21-7-6-20(16-12-18(26)15-27-14-16)25(21,2)9-8-22(19)24/h6-7,12-15,19,22H,4-5,8-11H2,1-3H3/t19?,22?,24-,25+/m0/s1. The molecule has 0 aromatic carbocycles. The predicted molar refractivity (Wildman–Crippen MR) is 112 cm³/mol. The van der Waals surface area contributed by atoms with Crippen LogP contribution in [0.15, 0.2) is 47.8 Å². The second kappa shape index (κ2) is 6.38. The van der Waals surface area contributed by atoms with E-state index in [-0.39, 0.29) is 22.6 Å². The maximum absolute atomic E-state index is 13.8. The molecule has 1 aromatic rings. The number of hydrogen-bond acceptors (Lipinski definition) is 2. The Labute approximate surface area is 172 Å². The second-order valence-electron chi connectivity index (χ2n) is 9.81. The number of rotatable bonds is 1. The van der Waals surface area contributed by atoms with Gasteiger partial charge in [0.15, 0.2) is 0 Å². The zero-order valence-electron chi connectivity index (χ0n) is 17.5. The van der Waals surface area contributed by atoms with Crippen LogP contribution in [0.4, 0.5) is 4.39 Å². The molecule has 0 N–H and O–H groups in total. The zero-order chi connectivity index (χ0) is 20.4. The molecule has 2 unspecified atom stereocenters. The van der Waals surface area contributed by atoms with E-state index in [2.05, 4.69) is 31.0 Å². The lowest BCUT2D eigenvalue weighted by Crippen LogP contribution is -2.46. The molecule has 2 heterocycles. The van der Waals surface area contributed by atoms with Crippen molar-refractivity contribution in [2.24, 2.45) is 22.7 Å². The third kappa shape index (κ3) is 2.68. The minimum absolute atomic E-state index is 0.0362. The fourth-order valence-corrected chi connectivity index (χ4v) is 6.65. The van der Waals surface area contributed by atoms with Gasteiger partial charge < -0.3 is 4.90 Å². The highest BCUT2D eigenvalue weighted by Crippen LogP contribution is 2.64. The van der Waals surface area contributed by atoms with E-state index in [1.807, 2.05) is 18.0 Å². The van der Waals surface area contributed by atoms with E-state index in [0.29, 0.717) is 11.8 Å². The van der Waals surface area contributed by atoms with Gasteiger partial charge in [0.2, 0.25) is 5.91 Å². The molecule has 1 aliphatic heterocycles. The first-order valence-corrected chi connectivity index (χ1v) is 10.8. The van der Waals surface area contributed by atoms with Crippen molar-refractivity contribution < 1.29 is 9.18 Å². The third-order valence-corrected chi connectivity index (χ3v) is 8.43. The Morgan fingerprint density at radius 1 is 1.17 bits per heavy atom. The molecule has 2 fully saturated rings. The summed E-state index contributed by atoms with van der Waals surface area (Å²) in [6.45, 7) is 5.55. The van der Waals surface area contributed by atoms with Gasteiger partial charge in [-0.1, -0.05) is 37.1 Å². The molecule has 3 aliphatic carbocycles. The summed E-state index contributed by atoms with van der Waals surface area (Å²) >= 11 is 0. The van der Waals surface area contributed by atoms with Gasteiger partial charge in [0.05, 0.1) is 6.20 Å². The van der Waals surface area contributed by atoms with E-state index < -0.39 is 0 Å². The van der Waals surface area contributed by atoms with Crippen LogP contribution in [0.3, 0.4) is 0 Å². The van der Waals surface area contributed by atoms with Crippen LogP contribution in [0.1, 0.15) is 51.5 Å². The van der Waals surface area contributed by atoms with Gasteiger partial charge in [0.1, 0.15) is 5.82 Å². The van der Waals surface area contributed by atoms with Gasteiger partial charge in [0, 0.05) is 31.3 Å². The molecule has 4 heteroatoms. The molecule has 152 valence electrons. The SMILES string of the molecule is CN1CC[C@@]2(C)C(=CC1=O)CCC1C3=CC=C(c4cncc(F)c4)[C@@]3(C)CCC12. The van der Waals surface area contributed by atoms with E-state index in [1.165, 1.54) is 22.9 Å². The summed E-state index contributed by atoms with van der Waals surface area (Å²) in [5.41, 5.74) is 5.04. The molecule has 2 saturated carbocycles. The molecule has 4 atom stereocenters. The molecule has 1 amide bonds. The summed E-state index contributed by atoms with van der Waals surface area (Å²) in [5.74, 6) is 0.982. The Kier molecular flexibility index (Phi) is 4.13. The summed E-state index contributed by atoms with van der Waals surface area (Å²) < 4.78 is 13.8. The second-order valence-corrected chi connectivity index (χ2v) is 9.81. The molecule has 0 saturated heterocycles. The van der Waals surface area contributed by atoms with Gasteiger partial charge in [-0.05, 0) is 66.6 Å². The molecule has 29 heavy (non-hydrogen) atoms. The molecular formula is C25H29FN2O. The Bertz CT molecular complexity index is 977. The lowest BCUT2D eigenvalue weighted by Gasteiger charge is -2.55. The van der Waals surface area contributed by atoms with Crippen molar-refractivity contribution >= 4 is 11.5 Å². The number of nitrogens with zero attached hydrogens (tertiary/aromatic N) is 2. The Morgan fingerprint density at radius 2 is 2.00 bits per heavy atom. The number of allylic oxidation sites excluding steroid dienone is 5. The average Bonchev–Trinajstić information content (AvgIpc) is 3.00. The number of likely N-dealkylation sites (N-methyl/N-ethyl adjacent to an activating group) is 1. The van der Waals surface area contributed by atoms with Crippen LogP contribution in [-0.4, -0.2) is 29.4 Å². The smallest absolute Gasteiger partial charge is 0.246 e. The maximum Gasteiger partial charge on any atom is 0.246 e. The summed E-state index contributed by atoms with van der Waals surface area (Å²) in [6, 6.07) is 1.61. The Hall–Kier alpha value is -2.23. The number of hydrogen-bond donors (Lipinski definition) is 0. The summed E-state index contributed by atoms with van der Waals surface area (Å²) in [7, 11) is 1.91. The molecule has 4 aliphatic rings. The predicted octanol–water partition coefficient (Wildman–Crippen LogP) is 5.17. The summed E-state index contributed by atoms with van der Waals surface area (Å²) in [5, 5.41) is 0. The summed E-state index contributed by atoms with van der Waals surface area (Å²) in [6.07, 6.45) is 14.9. The highest BCUT2D eigenvalue weighted by atomic mass is 19.1. The molecule has 0 spiro atoms. The van der Waals surface area contributed by atoms with E-state index in [9.17, 15) is 9.18 Å². The highest BCUT2D eigenvalue weighted by molar-refractivity contribution is 5.88. The van der Waals surface area contributed by atoms with E-state index in [4.69, 9.17) is 0 Å². The third-order valence-electron chi connectivity index (χ3n) is 8.43. The molecule has 1 aromatic heterocycles. The van der Waals surface area contributed by atoms with Crippen LogP contribution >= 0.6 is 0 Å². The van der Waals surface area contributed by atoms with Gasteiger partial charge in [-0.2, -0.15) is 0 Å². The maximum atomic E-state index is 13.8. The van der Waals surface area contributed by atoms with Crippen molar-refractivity contribution in [3.05, 3.63) is 59.2 Å². The van der Waals surface area contributed by atoms with Crippen molar-refractivity contribution in [1.29, 1.82) is 0 Å². The topological polar surface area (TPSA) is 33.2 Å². The van der Waals surface area contributed by atoms with Gasteiger partial charge in [-0.3, -0.25) is 9.78 Å². The highest BCUT2D eigenvalue weighted by Gasteiger charge is 2.54. The molecule has 3 nitrogen and oxygen atoms in total. The van der Waals surface area contributed by atoms with Crippen LogP contribution in [0.2, 0.25) is 0 Å². The number of aromatic nitrogens is 1. The van der Waals surface area contributed by atoms with E-state index in [1.54, 1.807) is 12.3 Å². The molecular weight excluding hydrogens is 363 g/mol. The lowest BCUT2D eigenvalue weighted by atomic mass is 9.49. The van der Waals surface area contributed by atoms with Gasteiger partial charge >= 0.3 is 0 Å². The van der Waals surface area contributed by atoms with Crippen molar-refractivity contribution in [3.8, 4) is 0 Å². The first-order valence-electron chi connectivity index (χ1n) is 10.8. The van der Waals surface area contributed by atoms with Gasteiger partial charge in [-0.15, -0.1) is 0 Å². The fraction of sp³-hybridized carbons (Fsp3) is 0.520. The molecule has 0 radical (unpaired) electrons. The van der Waals surface area contributed by atoms with Gasteiger partial charge in [-0.25, -0.2) is 4.39 Å². The van der Waals surface area contributed by atoms with Crippen molar-refractivity contribution in [3.63, 3.8) is 0 Å². The Morgan fingerprint density at radius 3 is 2.79 bits per heavy atom. The minimum Gasteiger partial charge on any atom is -0.342 e. The fourth-order valence-electron chi connectivity index (χ4n) is 6.65. The zero-order valence-corrected chi connectivity index (χ0v) is 17.5.